The third kappa shape index (κ3) is 4.97. The number of hydrogen-bond acceptors (Lipinski definition) is 3. The Labute approximate surface area is 154 Å². The van der Waals surface area contributed by atoms with Gasteiger partial charge >= 0.3 is 0 Å². The fourth-order valence-corrected chi connectivity index (χ4v) is 2.80. The van der Waals surface area contributed by atoms with Crippen LogP contribution in [0.2, 0.25) is 0 Å². The van der Waals surface area contributed by atoms with E-state index in [-0.39, 0.29) is 17.8 Å². The van der Waals surface area contributed by atoms with Crippen molar-refractivity contribution < 1.29 is 18.7 Å². The molecule has 2 rings (SSSR count). The summed E-state index contributed by atoms with van der Waals surface area (Å²) >= 11 is 0. The first kappa shape index (κ1) is 19.8. The van der Waals surface area contributed by atoms with Crippen molar-refractivity contribution in [3.05, 3.63) is 59.4 Å². The van der Waals surface area contributed by atoms with E-state index < -0.39 is 6.10 Å². The number of nitrogens with one attached hydrogen (secondary N) is 1. The van der Waals surface area contributed by atoms with Gasteiger partial charge in [0.2, 0.25) is 0 Å². The minimum atomic E-state index is -0.631. The number of halogens is 1. The van der Waals surface area contributed by atoms with Crippen LogP contribution in [0.1, 0.15) is 43.9 Å². The van der Waals surface area contributed by atoms with Gasteiger partial charge in [-0.2, -0.15) is 0 Å². The van der Waals surface area contributed by atoms with Gasteiger partial charge in [-0.3, -0.25) is 4.79 Å². The van der Waals surface area contributed by atoms with Gasteiger partial charge in [0.25, 0.3) is 5.91 Å². The van der Waals surface area contributed by atoms with E-state index in [0.717, 1.165) is 23.3 Å². The van der Waals surface area contributed by atoms with E-state index in [1.165, 1.54) is 24.3 Å². The first-order chi connectivity index (χ1) is 12.5. The van der Waals surface area contributed by atoms with Gasteiger partial charge in [0.05, 0.1) is 13.2 Å². The number of carbonyl (C=O) groups excluding carboxylic acids is 1. The van der Waals surface area contributed by atoms with E-state index in [2.05, 4.69) is 5.32 Å². The average Bonchev–Trinajstić information content (AvgIpc) is 2.65. The summed E-state index contributed by atoms with van der Waals surface area (Å²) in [5, 5.41) is 3.05. The smallest absolute Gasteiger partial charge is 0.261 e. The molecule has 0 heterocycles. The van der Waals surface area contributed by atoms with Gasteiger partial charge in [0.1, 0.15) is 17.3 Å². The van der Waals surface area contributed by atoms with Crippen LogP contribution in [0, 0.1) is 12.7 Å². The predicted molar refractivity (Wildman–Crippen MR) is 100 cm³/mol. The molecular weight excluding hydrogens is 333 g/mol. The van der Waals surface area contributed by atoms with Gasteiger partial charge in [0.15, 0.2) is 6.10 Å². The molecule has 0 aliphatic heterocycles. The summed E-state index contributed by atoms with van der Waals surface area (Å²) in [6, 6.07) is 11.5. The number of hydrogen-bond donors (Lipinski definition) is 1. The lowest BCUT2D eigenvalue weighted by Gasteiger charge is -2.23. The number of rotatable bonds is 8. The number of methoxy groups -OCH3 is 1. The maximum Gasteiger partial charge on any atom is 0.261 e. The molecule has 4 nitrogen and oxygen atoms in total. The summed E-state index contributed by atoms with van der Waals surface area (Å²) in [5.41, 5.74) is 2.04. The Bertz CT molecular complexity index is 731. The third-order valence-corrected chi connectivity index (χ3v) is 4.30. The highest BCUT2D eigenvalue weighted by atomic mass is 19.1. The summed E-state index contributed by atoms with van der Waals surface area (Å²) in [4.78, 5) is 12.7. The van der Waals surface area contributed by atoms with Crippen molar-refractivity contribution in [2.45, 2.75) is 45.8 Å². The second-order valence-corrected chi connectivity index (χ2v) is 6.17. The van der Waals surface area contributed by atoms with Crippen molar-refractivity contribution in [2.24, 2.45) is 0 Å². The predicted octanol–water partition coefficient (Wildman–Crippen LogP) is 4.57. The lowest BCUT2D eigenvalue weighted by atomic mass is 10.0. The summed E-state index contributed by atoms with van der Waals surface area (Å²) in [6.45, 7) is 5.88. The second kappa shape index (κ2) is 9.22. The molecule has 2 atom stereocenters. The molecule has 26 heavy (non-hydrogen) atoms. The zero-order valence-corrected chi connectivity index (χ0v) is 15.7. The Kier molecular flexibility index (Phi) is 7.01. The number of ether oxygens (including phenoxy) is 2. The normalized spacial score (nSPS) is 13.0. The summed E-state index contributed by atoms with van der Waals surface area (Å²) in [7, 11) is 1.64. The van der Waals surface area contributed by atoms with Crippen molar-refractivity contribution in [3.8, 4) is 11.5 Å². The molecule has 0 aromatic heterocycles. The van der Waals surface area contributed by atoms with Crippen LogP contribution < -0.4 is 14.8 Å². The summed E-state index contributed by atoms with van der Waals surface area (Å²) < 4.78 is 24.0. The van der Waals surface area contributed by atoms with E-state index >= 15 is 0 Å². The highest BCUT2D eigenvalue weighted by molar-refractivity contribution is 5.81. The largest absolute Gasteiger partial charge is 0.496 e. The molecule has 5 heteroatoms. The van der Waals surface area contributed by atoms with Gasteiger partial charge in [-0.15, -0.1) is 0 Å². The zero-order chi connectivity index (χ0) is 19.1. The lowest BCUT2D eigenvalue weighted by molar-refractivity contribution is -0.128. The second-order valence-electron chi connectivity index (χ2n) is 6.17. The first-order valence-corrected chi connectivity index (χ1v) is 8.85. The molecule has 1 N–H and O–H groups in total. The molecule has 0 bridgehead atoms. The van der Waals surface area contributed by atoms with Crippen molar-refractivity contribution in [1.29, 1.82) is 0 Å². The van der Waals surface area contributed by atoms with E-state index in [1.54, 1.807) is 7.11 Å². The summed E-state index contributed by atoms with van der Waals surface area (Å²) in [6.07, 6.45) is 0.639. The van der Waals surface area contributed by atoms with Crippen LogP contribution in [0.3, 0.4) is 0 Å². The lowest BCUT2D eigenvalue weighted by Crippen LogP contribution is -2.40. The van der Waals surface area contributed by atoms with E-state index in [1.807, 2.05) is 39.0 Å². The van der Waals surface area contributed by atoms with Crippen molar-refractivity contribution in [2.75, 3.05) is 7.11 Å². The van der Waals surface area contributed by atoms with Gasteiger partial charge in [0, 0.05) is 0 Å². The highest BCUT2D eigenvalue weighted by Gasteiger charge is 2.22. The average molecular weight is 359 g/mol. The van der Waals surface area contributed by atoms with E-state index in [4.69, 9.17) is 9.47 Å². The Balaban J connectivity index is 2.08. The van der Waals surface area contributed by atoms with Gasteiger partial charge in [-0.25, -0.2) is 4.39 Å². The number of amides is 1. The van der Waals surface area contributed by atoms with Crippen LogP contribution >= 0.6 is 0 Å². The maximum atomic E-state index is 13.0. The fourth-order valence-electron chi connectivity index (χ4n) is 2.80. The van der Waals surface area contributed by atoms with Crippen LogP contribution in [0.15, 0.2) is 42.5 Å². The Hall–Kier alpha value is -2.56. The molecule has 0 saturated carbocycles. The standard InChI is InChI=1S/C21H26FNO3/c1-5-18(15-7-12-20(25-4)14(3)13-15)23-21(24)19(6-2)26-17-10-8-16(22)9-11-17/h7-13,18-19H,5-6H2,1-4H3,(H,23,24)/t18-,19-/m1/s1. The number of benzene rings is 2. The fraction of sp³-hybridized carbons (Fsp3) is 0.381. The molecule has 2 aromatic rings. The van der Waals surface area contributed by atoms with Crippen LogP contribution in [-0.2, 0) is 4.79 Å². The number of aryl methyl sites for hydroxylation is 1. The van der Waals surface area contributed by atoms with Crippen LogP contribution in [0.5, 0.6) is 11.5 Å². The minimum Gasteiger partial charge on any atom is -0.496 e. The van der Waals surface area contributed by atoms with Gasteiger partial charge < -0.3 is 14.8 Å². The zero-order valence-electron chi connectivity index (χ0n) is 15.7. The van der Waals surface area contributed by atoms with E-state index in [0.29, 0.717) is 12.2 Å². The first-order valence-electron chi connectivity index (χ1n) is 8.85. The molecule has 0 fully saturated rings. The van der Waals surface area contributed by atoms with Gasteiger partial charge in [-0.1, -0.05) is 26.0 Å². The van der Waals surface area contributed by atoms with Gasteiger partial charge in [-0.05, 0) is 61.2 Å². The topological polar surface area (TPSA) is 47.6 Å². The molecule has 0 spiro atoms. The van der Waals surface area contributed by atoms with Crippen LogP contribution in [-0.4, -0.2) is 19.1 Å². The van der Waals surface area contributed by atoms with Crippen molar-refractivity contribution in [3.63, 3.8) is 0 Å². The molecule has 0 radical (unpaired) electrons. The Morgan fingerprint density at radius 2 is 1.81 bits per heavy atom. The Morgan fingerprint density at radius 1 is 1.12 bits per heavy atom. The quantitative estimate of drug-likeness (QED) is 0.751. The molecule has 2 aromatic carbocycles. The van der Waals surface area contributed by atoms with Crippen LogP contribution in [0.4, 0.5) is 4.39 Å². The van der Waals surface area contributed by atoms with E-state index in [9.17, 15) is 9.18 Å². The maximum absolute atomic E-state index is 13.0. The minimum absolute atomic E-state index is 0.113. The molecule has 140 valence electrons. The molecule has 1 amide bonds. The number of carbonyl (C=O) groups is 1. The summed E-state index contributed by atoms with van der Waals surface area (Å²) in [5.74, 6) is 0.774. The molecular formula is C21H26FNO3. The van der Waals surface area contributed by atoms with Crippen LogP contribution in [0.25, 0.3) is 0 Å². The molecule has 0 unspecified atom stereocenters. The monoisotopic (exact) mass is 359 g/mol. The SMILES string of the molecule is CC[C@@H](Oc1ccc(F)cc1)C(=O)N[C@H](CC)c1ccc(OC)c(C)c1. The van der Waals surface area contributed by atoms with Crippen molar-refractivity contribution in [1.82, 2.24) is 5.32 Å². The third-order valence-electron chi connectivity index (χ3n) is 4.30. The van der Waals surface area contributed by atoms with Crippen molar-refractivity contribution >= 4 is 5.91 Å². The molecule has 0 aliphatic rings. The Morgan fingerprint density at radius 3 is 2.35 bits per heavy atom. The highest BCUT2D eigenvalue weighted by Crippen LogP contribution is 2.24. The molecule has 0 aliphatic carbocycles. The molecule has 0 saturated heterocycles.